The van der Waals surface area contributed by atoms with E-state index in [-0.39, 0.29) is 54.6 Å². The molecule has 3 heterocycles. The number of imidazole rings is 1. The van der Waals surface area contributed by atoms with E-state index >= 15 is 0 Å². The van der Waals surface area contributed by atoms with Crippen molar-refractivity contribution in [3.63, 3.8) is 0 Å². The average Bonchev–Trinajstić information content (AvgIpc) is 3.38. The number of piperazine rings is 1. The molecule has 2 aliphatic heterocycles. The van der Waals surface area contributed by atoms with Gasteiger partial charge in [-0.1, -0.05) is 29.8 Å². The van der Waals surface area contributed by atoms with Crippen LogP contribution in [-0.4, -0.2) is 60.1 Å². The van der Waals surface area contributed by atoms with Gasteiger partial charge in [-0.2, -0.15) is 5.26 Å². The molecular formula is C23H19Cl2N5O4S. The molecule has 0 spiro atoms. The van der Waals surface area contributed by atoms with E-state index in [0.29, 0.717) is 21.8 Å². The fourth-order valence-corrected chi connectivity index (χ4v) is 6.17. The van der Waals surface area contributed by atoms with Crippen LogP contribution in [0.25, 0.3) is 0 Å². The number of hydrogen-bond acceptors (Lipinski definition) is 6. The van der Waals surface area contributed by atoms with Crippen LogP contribution in [0.5, 0.6) is 0 Å². The second kappa shape index (κ2) is 9.34. The Morgan fingerprint density at radius 3 is 2.54 bits per heavy atom. The van der Waals surface area contributed by atoms with Crippen molar-refractivity contribution in [2.45, 2.75) is 11.2 Å². The summed E-state index contributed by atoms with van der Waals surface area (Å²) in [6.07, 6.45) is 1.25. The van der Waals surface area contributed by atoms with Gasteiger partial charge in [-0.15, -0.1) is 12.4 Å². The number of anilines is 1. The number of rotatable bonds is 3. The van der Waals surface area contributed by atoms with Gasteiger partial charge in [0.15, 0.2) is 0 Å². The number of aromatic nitrogens is 2. The van der Waals surface area contributed by atoms with Crippen molar-refractivity contribution in [2.75, 3.05) is 30.3 Å². The standard InChI is InChI=1S/C23H18ClN5O4S.ClH/c24-17-2-1-3-18(10-17)28-9-8-27(13-21(28)30)22(31)19-12-26-23-29(19)20(14-34(23,32)33)16-6-4-15(11-25)5-7-16;/h1-7,10,12,20H,8-9,13-14H2;1H. The first-order valence-electron chi connectivity index (χ1n) is 10.4. The van der Waals surface area contributed by atoms with Gasteiger partial charge in [0.1, 0.15) is 12.2 Å². The maximum atomic E-state index is 13.4. The predicted octanol–water partition coefficient (Wildman–Crippen LogP) is 2.70. The van der Waals surface area contributed by atoms with Crippen molar-refractivity contribution in [1.82, 2.24) is 14.5 Å². The van der Waals surface area contributed by atoms with Gasteiger partial charge in [-0.3, -0.25) is 9.59 Å². The largest absolute Gasteiger partial charge is 0.326 e. The topological polar surface area (TPSA) is 116 Å². The zero-order valence-electron chi connectivity index (χ0n) is 18.2. The van der Waals surface area contributed by atoms with Crippen LogP contribution < -0.4 is 4.90 Å². The fourth-order valence-electron chi connectivity index (χ4n) is 4.34. The van der Waals surface area contributed by atoms with Gasteiger partial charge in [0.25, 0.3) is 5.91 Å². The normalized spacial score (nSPS) is 18.5. The SMILES string of the molecule is Cl.N#Cc1ccc(C2CS(=O)(=O)c3ncc(C(=O)N4CCN(c5cccc(Cl)c5)C(=O)C4)n32)cc1. The maximum absolute atomic E-state index is 13.4. The number of carbonyl (C=O) groups is 2. The minimum atomic E-state index is -3.69. The molecule has 12 heteroatoms. The molecule has 1 atom stereocenters. The molecule has 1 unspecified atom stereocenters. The molecule has 0 saturated carbocycles. The third-order valence-corrected chi connectivity index (χ3v) is 7.85. The number of nitrogens with zero attached hydrogens (tertiary/aromatic N) is 5. The van der Waals surface area contributed by atoms with Crippen molar-refractivity contribution in [3.8, 4) is 6.07 Å². The number of carbonyl (C=O) groups excluding carboxylic acids is 2. The summed E-state index contributed by atoms with van der Waals surface area (Å²) >= 11 is 6.04. The first-order chi connectivity index (χ1) is 16.3. The van der Waals surface area contributed by atoms with Crippen molar-refractivity contribution >= 4 is 51.3 Å². The van der Waals surface area contributed by atoms with Crippen LogP contribution >= 0.6 is 24.0 Å². The predicted molar refractivity (Wildman–Crippen MR) is 131 cm³/mol. The van der Waals surface area contributed by atoms with E-state index in [1.54, 1.807) is 53.4 Å². The molecule has 35 heavy (non-hydrogen) atoms. The van der Waals surface area contributed by atoms with Crippen molar-refractivity contribution in [1.29, 1.82) is 5.26 Å². The Morgan fingerprint density at radius 1 is 1.14 bits per heavy atom. The molecule has 1 aromatic heterocycles. The number of fused-ring (bicyclic) bond motifs is 1. The summed E-state index contributed by atoms with van der Waals surface area (Å²) in [4.78, 5) is 33.2. The van der Waals surface area contributed by atoms with Gasteiger partial charge in [-0.05, 0) is 35.9 Å². The monoisotopic (exact) mass is 531 g/mol. The zero-order valence-corrected chi connectivity index (χ0v) is 20.6. The molecule has 1 saturated heterocycles. The lowest BCUT2D eigenvalue weighted by Gasteiger charge is -2.34. The molecule has 0 radical (unpaired) electrons. The van der Waals surface area contributed by atoms with Crippen LogP contribution in [0, 0.1) is 11.3 Å². The van der Waals surface area contributed by atoms with E-state index in [0.717, 1.165) is 0 Å². The van der Waals surface area contributed by atoms with Crippen LogP contribution in [0.3, 0.4) is 0 Å². The molecule has 1 fully saturated rings. The molecule has 0 N–H and O–H groups in total. The lowest BCUT2D eigenvalue weighted by Crippen LogP contribution is -2.52. The third-order valence-electron chi connectivity index (χ3n) is 6.00. The molecule has 9 nitrogen and oxygen atoms in total. The molecule has 0 bridgehead atoms. The molecule has 2 aliphatic rings. The van der Waals surface area contributed by atoms with Gasteiger partial charge in [0.2, 0.25) is 20.9 Å². The Hall–Kier alpha value is -3.39. The lowest BCUT2D eigenvalue weighted by molar-refractivity contribution is -0.120. The second-order valence-corrected chi connectivity index (χ2v) is 10.4. The van der Waals surface area contributed by atoms with E-state index < -0.39 is 21.8 Å². The Kier molecular flexibility index (Phi) is 6.60. The van der Waals surface area contributed by atoms with E-state index in [4.69, 9.17) is 16.9 Å². The number of amides is 2. The number of sulfone groups is 1. The van der Waals surface area contributed by atoms with Crippen molar-refractivity contribution < 1.29 is 18.0 Å². The highest BCUT2D eigenvalue weighted by Gasteiger charge is 2.41. The van der Waals surface area contributed by atoms with Gasteiger partial charge in [-0.25, -0.2) is 13.4 Å². The molecule has 2 amide bonds. The smallest absolute Gasteiger partial charge is 0.272 e. The fraction of sp³-hybridized carbons (Fsp3) is 0.217. The Labute approximate surface area is 212 Å². The lowest BCUT2D eigenvalue weighted by atomic mass is 10.1. The first kappa shape index (κ1) is 24.7. The molecule has 2 aromatic carbocycles. The van der Waals surface area contributed by atoms with Gasteiger partial charge in [0, 0.05) is 23.8 Å². The summed E-state index contributed by atoms with van der Waals surface area (Å²) in [7, 11) is -3.69. The highest BCUT2D eigenvalue weighted by molar-refractivity contribution is 7.91. The van der Waals surface area contributed by atoms with Crippen molar-refractivity contribution in [3.05, 3.63) is 76.6 Å². The van der Waals surface area contributed by atoms with Crippen LogP contribution in [0.4, 0.5) is 5.69 Å². The number of halogens is 2. The summed E-state index contributed by atoms with van der Waals surface area (Å²) < 4.78 is 26.9. The number of benzene rings is 2. The minimum Gasteiger partial charge on any atom is -0.326 e. The Morgan fingerprint density at radius 2 is 1.89 bits per heavy atom. The van der Waals surface area contributed by atoms with Crippen LogP contribution in [-0.2, 0) is 14.6 Å². The quantitative estimate of drug-likeness (QED) is 0.512. The van der Waals surface area contributed by atoms with Crippen LogP contribution in [0.1, 0.15) is 27.7 Å². The van der Waals surface area contributed by atoms with Crippen molar-refractivity contribution in [2.24, 2.45) is 0 Å². The van der Waals surface area contributed by atoms with E-state index in [1.807, 2.05) is 6.07 Å². The Balaban J connectivity index is 0.00000289. The van der Waals surface area contributed by atoms with E-state index in [2.05, 4.69) is 4.98 Å². The first-order valence-corrected chi connectivity index (χ1v) is 12.5. The maximum Gasteiger partial charge on any atom is 0.272 e. The highest BCUT2D eigenvalue weighted by Crippen LogP contribution is 2.34. The minimum absolute atomic E-state index is 0. The van der Waals surface area contributed by atoms with Gasteiger partial charge < -0.3 is 14.4 Å². The Bertz CT molecular complexity index is 1460. The van der Waals surface area contributed by atoms with E-state index in [9.17, 15) is 18.0 Å². The molecule has 180 valence electrons. The van der Waals surface area contributed by atoms with Gasteiger partial charge >= 0.3 is 0 Å². The number of nitriles is 1. The van der Waals surface area contributed by atoms with Gasteiger partial charge in [0.05, 0.1) is 29.6 Å². The third kappa shape index (κ3) is 4.38. The highest BCUT2D eigenvalue weighted by atomic mass is 35.5. The summed E-state index contributed by atoms with van der Waals surface area (Å²) in [5.41, 5.74) is 1.86. The average molecular weight is 532 g/mol. The number of hydrogen-bond donors (Lipinski definition) is 0. The molecule has 3 aromatic rings. The molecular weight excluding hydrogens is 513 g/mol. The van der Waals surface area contributed by atoms with Crippen LogP contribution in [0.15, 0.2) is 59.9 Å². The summed E-state index contributed by atoms with van der Waals surface area (Å²) in [5, 5.41) is 9.38. The summed E-state index contributed by atoms with van der Waals surface area (Å²) in [6, 6.07) is 14.9. The summed E-state index contributed by atoms with van der Waals surface area (Å²) in [6.45, 7) is 0.398. The van der Waals surface area contributed by atoms with Crippen LogP contribution in [0.2, 0.25) is 5.02 Å². The molecule has 0 aliphatic carbocycles. The second-order valence-electron chi connectivity index (χ2n) is 8.08. The summed E-state index contributed by atoms with van der Waals surface area (Å²) in [5.74, 6) is -0.961. The molecule has 5 rings (SSSR count). The zero-order chi connectivity index (χ0) is 24.0. The van der Waals surface area contributed by atoms with E-state index in [1.165, 1.54) is 15.7 Å².